The first-order valence-corrected chi connectivity index (χ1v) is 6.76. The Bertz CT molecular complexity index is 749. The molecule has 0 radical (unpaired) electrons. The molecule has 1 aliphatic rings. The summed E-state index contributed by atoms with van der Waals surface area (Å²) in [4.78, 5) is 11.4. The van der Waals surface area contributed by atoms with Crippen molar-refractivity contribution in [2.75, 3.05) is 11.9 Å². The molecule has 3 rings (SSSR count). The summed E-state index contributed by atoms with van der Waals surface area (Å²) < 4.78 is 44.2. The molecular weight excluding hydrogens is 283 g/mol. The lowest BCUT2D eigenvalue weighted by Crippen LogP contribution is -2.11. The highest BCUT2D eigenvalue weighted by Crippen LogP contribution is 2.36. The van der Waals surface area contributed by atoms with Crippen molar-refractivity contribution in [1.29, 1.82) is 0 Å². The molecule has 0 bridgehead atoms. The molecule has 1 N–H and O–H groups in total. The average Bonchev–Trinajstić information content (AvgIpc) is 2.57. The molecule has 0 fully saturated rings. The van der Waals surface area contributed by atoms with Crippen LogP contribution in [-0.4, -0.2) is 6.54 Å². The second kappa shape index (κ2) is 4.79. The van der Waals surface area contributed by atoms with Crippen LogP contribution in [0.3, 0.4) is 0 Å². The van der Waals surface area contributed by atoms with Gasteiger partial charge in [-0.25, -0.2) is 4.79 Å². The van der Waals surface area contributed by atoms with Crippen molar-refractivity contribution >= 4 is 16.7 Å². The van der Waals surface area contributed by atoms with E-state index in [0.29, 0.717) is 18.4 Å². The first kappa shape index (κ1) is 14.0. The van der Waals surface area contributed by atoms with E-state index in [1.807, 2.05) is 0 Å². The predicted octanol–water partition coefficient (Wildman–Crippen LogP) is 3.81. The molecule has 0 unspecified atom stereocenters. The van der Waals surface area contributed by atoms with Crippen LogP contribution in [0, 0.1) is 5.92 Å². The topological polar surface area (TPSA) is 42.2 Å². The average molecular weight is 297 g/mol. The summed E-state index contributed by atoms with van der Waals surface area (Å²) in [5.74, 6) is 0.439. The summed E-state index contributed by atoms with van der Waals surface area (Å²) in [5, 5.41) is 3.14. The number of nitrogens with one attached hydrogen (secondary N) is 1. The van der Waals surface area contributed by atoms with Gasteiger partial charge in [-0.3, -0.25) is 0 Å². The van der Waals surface area contributed by atoms with Gasteiger partial charge in [0.05, 0.1) is 5.56 Å². The Labute approximate surface area is 118 Å². The number of aryl methyl sites for hydroxylation is 1. The number of hydrogen-bond acceptors (Lipinski definition) is 3. The smallest absolute Gasteiger partial charge is 0.417 e. The summed E-state index contributed by atoms with van der Waals surface area (Å²) in [5.41, 5.74) is -0.387. The molecule has 0 saturated carbocycles. The summed E-state index contributed by atoms with van der Waals surface area (Å²) >= 11 is 0. The number of anilines is 1. The number of hydrogen-bond donors (Lipinski definition) is 1. The maximum atomic E-state index is 13.1. The molecule has 0 spiro atoms. The van der Waals surface area contributed by atoms with Gasteiger partial charge in [0.1, 0.15) is 5.58 Å². The molecule has 0 saturated heterocycles. The van der Waals surface area contributed by atoms with Crippen LogP contribution >= 0.6 is 0 Å². The van der Waals surface area contributed by atoms with Crippen LogP contribution in [0.1, 0.15) is 24.5 Å². The third kappa shape index (κ3) is 2.62. The Morgan fingerprint density at radius 2 is 2.05 bits per heavy atom. The Morgan fingerprint density at radius 3 is 2.76 bits per heavy atom. The second-order valence-corrected chi connectivity index (χ2v) is 5.51. The molecule has 6 heteroatoms. The van der Waals surface area contributed by atoms with E-state index in [1.54, 1.807) is 0 Å². The highest BCUT2D eigenvalue weighted by molar-refractivity contribution is 5.85. The Hall–Kier alpha value is -1.98. The van der Waals surface area contributed by atoms with E-state index < -0.39 is 17.4 Å². The highest BCUT2D eigenvalue weighted by atomic mass is 19.4. The van der Waals surface area contributed by atoms with Crippen LogP contribution in [-0.2, 0) is 12.6 Å². The van der Waals surface area contributed by atoms with E-state index in [0.717, 1.165) is 24.2 Å². The van der Waals surface area contributed by atoms with Crippen molar-refractivity contribution in [1.82, 2.24) is 0 Å². The van der Waals surface area contributed by atoms with E-state index in [-0.39, 0.29) is 11.0 Å². The monoisotopic (exact) mass is 297 g/mol. The van der Waals surface area contributed by atoms with Gasteiger partial charge in [0, 0.05) is 29.8 Å². The molecule has 1 aliphatic heterocycles. The number of benzene rings is 1. The van der Waals surface area contributed by atoms with Gasteiger partial charge < -0.3 is 9.73 Å². The van der Waals surface area contributed by atoms with E-state index in [2.05, 4.69) is 12.2 Å². The van der Waals surface area contributed by atoms with Crippen LogP contribution < -0.4 is 10.9 Å². The van der Waals surface area contributed by atoms with Crippen molar-refractivity contribution in [3.05, 3.63) is 39.7 Å². The first-order chi connectivity index (χ1) is 9.84. The minimum Gasteiger partial charge on any atom is -0.423 e. The number of alkyl halides is 3. The predicted molar refractivity (Wildman–Crippen MR) is 73.5 cm³/mol. The first-order valence-electron chi connectivity index (χ1n) is 6.76. The van der Waals surface area contributed by atoms with Gasteiger partial charge in [0.25, 0.3) is 0 Å². The van der Waals surface area contributed by atoms with E-state index in [9.17, 15) is 18.0 Å². The van der Waals surface area contributed by atoms with E-state index in [1.165, 1.54) is 12.1 Å². The zero-order chi connectivity index (χ0) is 15.2. The van der Waals surface area contributed by atoms with Gasteiger partial charge in [-0.15, -0.1) is 0 Å². The van der Waals surface area contributed by atoms with Crippen molar-refractivity contribution in [2.24, 2.45) is 5.92 Å². The molecule has 3 nitrogen and oxygen atoms in total. The largest absolute Gasteiger partial charge is 0.423 e. The normalized spacial score (nSPS) is 19.0. The Morgan fingerprint density at radius 1 is 1.29 bits per heavy atom. The van der Waals surface area contributed by atoms with Crippen LogP contribution in [0.15, 0.2) is 27.4 Å². The van der Waals surface area contributed by atoms with Crippen molar-refractivity contribution in [3.63, 3.8) is 0 Å². The molecule has 1 aromatic heterocycles. The van der Waals surface area contributed by atoms with E-state index >= 15 is 0 Å². The number of rotatable bonds is 0. The molecule has 0 aliphatic carbocycles. The van der Waals surface area contributed by atoms with Crippen molar-refractivity contribution < 1.29 is 17.6 Å². The summed E-state index contributed by atoms with van der Waals surface area (Å²) in [6, 6.07) is 3.50. The molecule has 112 valence electrons. The molecule has 2 aromatic rings. The molecule has 0 amide bonds. The Balaban J connectivity index is 2.26. The molecular formula is C15H14F3NO2. The van der Waals surface area contributed by atoms with Crippen molar-refractivity contribution in [3.8, 4) is 0 Å². The fraction of sp³-hybridized carbons (Fsp3) is 0.400. The second-order valence-electron chi connectivity index (χ2n) is 5.51. The number of fused-ring (bicyclic) bond motifs is 2. The third-order valence-electron chi connectivity index (χ3n) is 3.82. The lowest BCUT2D eigenvalue weighted by molar-refractivity contribution is -0.136. The third-order valence-corrected chi connectivity index (χ3v) is 3.82. The molecule has 1 aromatic carbocycles. The fourth-order valence-corrected chi connectivity index (χ4v) is 2.65. The van der Waals surface area contributed by atoms with Crippen molar-refractivity contribution in [2.45, 2.75) is 25.9 Å². The zero-order valence-corrected chi connectivity index (χ0v) is 11.4. The van der Waals surface area contributed by atoms with Gasteiger partial charge in [0.2, 0.25) is 0 Å². The minimum absolute atomic E-state index is 0.0318. The van der Waals surface area contributed by atoms with Crippen LogP contribution in [0.25, 0.3) is 11.0 Å². The molecule has 2 heterocycles. The maximum absolute atomic E-state index is 13.1. The number of halogens is 3. The van der Waals surface area contributed by atoms with Crippen LogP contribution in [0.5, 0.6) is 0 Å². The minimum atomic E-state index is -4.58. The molecule has 21 heavy (non-hydrogen) atoms. The van der Waals surface area contributed by atoms with Gasteiger partial charge in [-0.1, -0.05) is 6.92 Å². The van der Waals surface area contributed by atoms with Crippen LogP contribution in [0.4, 0.5) is 18.9 Å². The molecule has 1 atom stereocenters. The summed E-state index contributed by atoms with van der Waals surface area (Å²) in [7, 11) is 0. The summed E-state index contributed by atoms with van der Waals surface area (Å²) in [6.07, 6.45) is -2.96. The fourth-order valence-electron chi connectivity index (χ4n) is 2.65. The maximum Gasteiger partial charge on any atom is 0.417 e. The van der Waals surface area contributed by atoms with Gasteiger partial charge in [-0.05, 0) is 30.4 Å². The summed E-state index contributed by atoms with van der Waals surface area (Å²) in [6.45, 7) is 2.83. The van der Waals surface area contributed by atoms with Gasteiger partial charge in [-0.2, -0.15) is 13.2 Å². The van der Waals surface area contributed by atoms with Gasteiger partial charge >= 0.3 is 11.8 Å². The van der Waals surface area contributed by atoms with E-state index in [4.69, 9.17) is 4.42 Å². The zero-order valence-electron chi connectivity index (χ0n) is 11.4. The van der Waals surface area contributed by atoms with Gasteiger partial charge in [0.15, 0.2) is 0 Å². The lowest BCUT2D eigenvalue weighted by Gasteiger charge is -2.13. The van der Waals surface area contributed by atoms with Crippen LogP contribution in [0.2, 0.25) is 0 Å². The highest BCUT2D eigenvalue weighted by Gasteiger charge is 2.34. The Kier molecular flexibility index (Phi) is 3.19. The lowest BCUT2D eigenvalue weighted by atomic mass is 10.00. The quantitative estimate of drug-likeness (QED) is 0.752. The SMILES string of the molecule is C[C@H]1CCc2cc3c(C(F)(F)F)cc(=O)oc3cc2NC1. The standard InChI is InChI=1S/C15H14F3NO2/c1-8-2-3-9-4-10-11(15(16,17)18)5-14(20)21-13(10)6-12(9)19-7-8/h4-6,8,19H,2-3,7H2,1H3/t8-/m0/s1.